The van der Waals surface area contributed by atoms with Gasteiger partial charge in [-0.05, 0) is 57.5 Å². The molecule has 0 heterocycles. The second kappa shape index (κ2) is 5.41. The molecule has 0 aliphatic rings. The van der Waals surface area contributed by atoms with Crippen molar-refractivity contribution in [2.75, 3.05) is 25.6 Å². The normalized spacial score (nSPS) is 11.4. The van der Waals surface area contributed by atoms with Crippen LogP contribution in [0.25, 0.3) is 0 Å². The van der Waals surface area contributed by atoms with E-state index in [4.69, 9.17) is 10.5 Å². The summed E-state index contributed by atoms with van der Waals surface area (Å²) in [5.41, 5.74) is 8.07. The summed E-state index contributed by atoms with van der Waals surface area (Å²) in [5.74, 6) is 0.929. The molecule has 3 nitrogen and oxygen atoms in total. The largest absolute Gasteiger partial charge is 0.496 e. The van der Waals surface area contributed by atoms with E-state index in [9.17, 15) is 0 Å². The lowest BCUT2D eigenvalue weighted by molar-refractivity contribution is 0.411. The molecule has 2 N–H and O–H groups in total. The van der Waals surface area contributed by atoms with Gasteiger partial charge in [0.1, 0.15) is 5.75 Å². The Balaban J connectivity index is 2.96. The number of nitrogens with zero attached hydrogens (tertiary/aromatic N) is 1. The molecule has 0 saturated heterocycles. The molecule has 1 aromatic rings. The Labute approximate surface area is 105 Å². The van der Waals surface area contributed by atoms with Gasteiger partial charge in [-0.2, -0.15) is 0 Å². The fourth-order valence-corrected chi connectivity index (χ4v) is 1.94. The molecule has 17 heavy (non-hydrogen) atoms. The smallest absolute Gasteiger partial charge is 0.121 e. The molecule has 0 atom stereocenters. The van der Waals surface area contributed by atoms with Crippen LogP contribution in [0.2, 0.25) is 0 Å². The summed E-state index contributed by atoms with van der Waals surface area (Å²) in [7, 11) is 3.81. The van der Waals surface area contributed by atoms with Crippen molar-refractivity contribution < 1.29 is 4.74 Å². The van der Waals surface area contributed by atoms with Crippen LogP contribution in [0.1, 0.15) is 25.8 Å². The first-order valence-electron chi connectivity index (χ1n) is 6.01. The molecule has 96 valence electrons. The van der Waals surface area contributed by atoms with Gasteiger partial charge >= 0.3 is 0 Å². The first kappa shape index (κ1) is 13.8. The van der Waals surface area contributed by atoms with E-state index in [2.05, 4.69) is 44.9 Å². The van der Waals surface area contributed by atoms with Crippen molar-refractivity contribution in [3.05, 3.63) is 23.8 Å². The molecule has 0 radical (unpaired) electrons. The molecule has 0 bridgehead atoms. The zero-order chi connectivity index (χ0) is 13.1. The van der Waals surface area contributed by atoms with Crippen molar-refractivity contribution in [2.24, 2.45) is 5.73 Å². The van der Waals surface area contributed by atoms with Gasteiger partial charge in [-0.15, -0.1) is 0 Å². The maximum Gasteiger partial charge on any atom is 0.121 e. The Morgan fingerprint density at radius 2 is 2.00 bits per heavy atom. The molecule has 0 unspecified atom stereocenters. The van der Waals surface area contributed by atoms with Gasteiger partial charge in [0.2, 0.25) is 0 Å². The number of aryl methyl sites for hydroxylation is 1. The molecular formula is C14H24N2O. The molecule has 0 fully saturated rings. The lowest BCUT2D eigenvalue weighted by Crippen LogP contribution is -2.42. The summed E-state index contributed by atoms with van der Waals surface area (Å²) in [6, 6.07) is 6.25. The van der Waals surface area contributed by atoms with Crippen LogP contribution < -0.4 is 15.4 Å². The zero-order valence-corrected chi connectivity index (χ0v) is 11.6. The van der Waals surface area contributed by atoms with Crippen LogP contribution in [0.15, 0.2) is 18.2 Å². The van der Waals surface area contributed by atoms with Crippen LogP contribution in [0.3, 0.4) is 0 Å². The fourth-order valence-electron chi connectivity index (χ4n) is 1.94. The zero-order valence-electron chi connectivity index (χ0n) is 11.6. The topological polar surface area (TPSA) is 38.5 Å². The lowest BCUT2D eigenvalue weighted by Gasteiger charge is -2.37. The van der Waals surface area contributed by atoms with E-state index in [0.29, 0.717) is 6.54 Å². The van der Waals surface area contributed by atoms with Crippen molar-refractivity contribution in [2.45, 2.75) is 32.7 Å². The predicted octanol–water partition coefficient (Wildman–Crippen LogP) is 2.57. The number of ether oxygens (including phenoxy) is 1. The minimum Gasteiger partial charge on any atom is -0.496 e. The third-order valence-electron chi connectivity index (χ3n) is 3.43. The molecule has 0 saturated carbocycles. The monoisotopic (exact) mass is 236 g/mol. The van der Waals surface area contributed by atoms with E-state index in [0.717, 1.165) is 17.7 Å². The number of anilines is 1. The van der Waals surface area contributed by atoms with E-state index in [1.165, 1.54) is 5.69 Å². The Morgan fingerprint density at radius 1 is 1.35 bits per heavy atom. The number of hydrogen-bond acceptors (Lipinski definition) is 3. The van der Waals surface area contributed by atoms with Gasteiger partial charge < -0.3 is 15.4 Å². The Morgan fingerprint density at radius 3 is 2.47 bits per heavy atom. The Hall–Kier alpha value is -1.22. The van der Waals surface area contributed by atoms with Gasteiger partial charge in [0.15, 0.2) is 0 Å². The summed E-state index contributed by atoms with van der Waals surface area (Å²) < 4.78 is 5.27. The van der Waals surface area contributed by atoms with Gasteiger partial charge in [0.25, 0.3) is 0 Å². The third kappa shape index (κ3) is 3.13. The van der Waals surface area contributed by atoms with Crippen LogP contribution in [0, 0.1) is 6.92 Å². The number of benzene rings is 1. The number of methoxy groups -OCH3 is 1. The molecule has 3 heteroatoms. The van der Waals surface area contributed by atoms with E-state index >= 15 is 0 Å². The van der Waals surface area contributed by atoms with E-state index in [1.54, 1.807) is 7.11 Å². The van der Waals surface area contributed by atoms with E-state index < -0.39 is 0 Å². The molecule has 1 rings (SSSR count). The second-order valence-corrected chi connectivity index (χ2v) is 5.06. The number of nitrogens with two attached hydrogens (primary N) is 1. The van der Waals surface area contributed by atoms with Gasteiger partial charge in [-0.1, -0.05) is 0 Å². The first-order chi connectivity index (χ1) is 7.92. The SMILES string of the molecule is COc1ccc(N(C)C(C)(C)CCN)cc1C. The van der Waals surface area contributed by atoms with Crippen molar-refractivity contribution in [3.63, 3.8) is 0 Å². The highest BCUT2D eigenvalue weighted by Crippen LogP contribution is 2.28. The van der Waals surface area contributed by atoms with E-state index in [-0.39, 0.29) is 5.54 Å². The fraction of sp³-hybridized carbons (Fsp3) is 0.571. The van der Waals surface area contributed by atoms with Crippen LogP contribution in [0.4, 0.5) is 5.69 Å². The number of hydrogen-bond donors (Lipinski definition) is 1. The number of rotatable bonds is 5. The summed E-state index contributed by atoms with van der Waals surface area (Å²) in [6.07, 6.45) is 0.967. The maximum absolute atomic E-state index is 5.66. The average molecular weight is 236 g/mol. The summed E-state index contributed by atoms with van der Waals surface area (Å²) in [4.78, 5) is 2.27. The summed E-state index contributed by atoms with van der Waals surface area (Å²) in [6.45, 7) is 7.18. The van der Waals surface area contributed by atoms with Crippen LogP contribution in [0.5, 0.6) is 5.75 Å². The maximum atomic E-state index is 5.66. The average Bonchev–Trinajstić information content (AvgIpc) is 2.27. The standard InChI is InChI=1S/C14H24N2O/c1-11-10-12(6-7-13(11)17-5)16(4)14(2,3)8-9-15/h6-7,10H,8-9,15H2,1-5H3. The molecule has 0 aliphatic carbocycles. The lowest BCUT2D eigenvalue weighted by atomic mass is 9.97. The highest BCUT2D eigenvalue weighted by atomic mass is 16.5. The Bertz CT molecular complexity index is 374. The van der Waals surface area contributed by atoms with Crippen LogP contribution >= 0.6 is 0 Å². The molecule has 0 aliphatic heterocycles. The second-order valence-electron chi connectivity index (χ2n) is 5.06. The molecule has 1 aromatic carbocycles. The molecular weight excluding hydrogens is 212 g/mol. The summed E-state index contributed by atoms with van der Waals surface area (Å²) in [5, 5.41) is 0. The van der Waals surface area contributed by atoms with Gasteiger partial charge in [-0.3, -0.25) is 0 Å². The molecule has 0 amide bonds. The Kier molecular flexibility index (Phi) is 4.40. The van der Waals surface area contributed by atoms with Gasteiger partial charge in [-0.25, -0.2) is 0 Å². The highest BCUT2D eigenvalue weighted by molar-refractivity contribution is 5.53. The van der Waals surface area contributed by atoms with Crippen molar-refractivity contribution in [1.29, 1.82) is 0 Å². The first-order valence-corrected chi connectivity index (χ1v) is 6.01. The minimum absolute atomic E-state index is 0.0653. The van der Waals surface area contributed by atoms with Crippen molar-refractivity contribution in [3.8, 4) is 5.75 Å². The van der Waals surface area contributed by atoms with Crippen molar-refractivity contribution >= 4 is 5.69 Å². The minimum atomic E-state index is 0.0653. The summed E-state index contributed by atoms with van der Waals surface area (Å²) >= 11 is 0. The quantitative estimate of drug-likeness (QED) is 0.854. The third-order valence-corrected chi connectivity index (χ3v) is 3.43. The van der Waals surface area contributed by atoms with Gasteiger partial charge in [0.05, 0.1) is 7.11 Å². The van der Waals surface area contributed by atoms with Crippen LogP contribution in [-0.2, 0) is 0 Å². The van der Waals surface area contributed by atoms with Crippen molar-refractivity contribution in [1.82, 2.24) is 0 Å². The predicted molar refractivity (Wildman–Crippen MR) is 73.9 cm³/mol. The molecule has 0 spiro atoms. The van der Waals surface area contributed by atoms with E-state index in [1.807, 2.05) is 6.07 Å². The highest BCUT2D eigenvalue weighted by Gasteiger charge is 2.23. The molecule has 0 aromatic heterocycles. The van der Waals surface area contributed by atoms with Crippen LogP contribution in [-0.4, -0.2) is 26.2 Å². The van der Waals surface area contributed by atoms with Gasteiger partial charge in [0, 0.05) is 18.3 Å².